The highest BCUT2D eigenvalue weighted by atomic mass is 35.5. The first kappa shape index (κ1) is 23.4. The van der Waals surface area contributed by atoms with E-state index in [1.54, 1.807) is 35.2 Å². The molecule has 0 amide bonds. The normalized spacial score (nSPS) is 14.7. The number of hydrogen-bond donors (Lipinski definition) is 1. The van der Waals surface area contributed by atoms with Gasteiger partial charge >= 0.3 is 0 Å². The summed E-state index contributed by atoms with van der Waals surface area (Å²) in [6.07, 6.45) is 3.08. The Balaban J connectivity index is 1.39. The molecule has 0 radical (unpaired) electrons. The van der Waals surface area contributed by atoms with Crippen molar-refractivity contribution in [2.75, 3.05) is 5.75 Å². The summed E-state index contributed by atoms with van der Waals surface area (Å²) in [6, 6.07) is 16.3. The molecule has 2 aromatic heterocycles. The summed E-state index contributed by atoms with van der Waals surface area (Å²) in [5.41, 5.74) is 2.15. The van der Waals surface area contributed by atoms with Crippen LogP contribution < -0.4 is 5.56 Å². The molecule has 0 saturated heterocycles. The molecule has 2 atom stereocenters. The predicted molar refractivity (Wildman–Crippen MR) is 141 cm³/mol. The van der Waals surface area contributed by atoms with E-state index in [4.69, 9.17) is 16.6 Å². The number of thiophene rings is 1. The Labute approximate surface area is 213 Å². The molecule has 0 aliphatic heterocycles. The number of halogens is 1. The van der Waals surface area contributed by atoms with Crippen LogP contribution in [0.5, 0.6) is 0 Å². The van der Waals surface area contributed by atoms with Gasteiger partial charge in [0.15, 0.2) is 5.16 Å². The Kier molecular flexibility index (Phi) is 6.96. The summed E-state index contributed by atoms with van der Waals surface area (Å²) < 4.78 is 0. The number of nitrogens with one attached hydrogen (secondary N) is 1. The summed E-state index contributed by atoms with van der Waals surface area (Å²) in [7, 11) is 0. The van der Waals surface area contributed by atoms with E-state index in [2.05, 4.69) is 4.98 Å². The molecule has 0 bridgehead atoms. The van der Waals surface area contributed by atoms with Gasteiger partial charge in [0.1, 0.15) is 4.83 Å². The fraction of sp³-hybridized carbons (Fsp3) is 0.250. The Hall–Kier alpha value is -2.33. The minimum absolute atomic E-state index is 0.0543. The highest BCUT2D eigenvalue weighted by Crippen LogP contribution is 2.40. The third-order valence-electron chi connectivity index (χ3n) is 5.72. The second-order valence-corrected chi connectivity index (χ2v) is 11.8. The molecule has 2 heterocycles. The Morgan fingerprint density at radius 2 is 1.91 bits per heavy atom. The van der Waals surface area contributed by atoms with E-state index in [0.29, 0.717) is 10.9 Å². The van der Waals surface area contributed by atoms with Gasteiger partial charge in [-0.05, 0) is 42.5 Å². The molecule has 10 heteroatoms. The lowest BCUT2D eigenvalue weighted by atomic mass is 10.1. The van der Waals surface area contributed by atoms with Gasteiger partial charge in [-0.25, -0.2) is 4.98 Å². The van der Waals surface area contributed by atoms with Gasteiger partial charge in [0.05, 0.1) is 15.7 Å². The Bertz CT molecular complexity index is 1390. The highest BCUT2D eigenvalue weighted by Gasteiger charge is 2.25. The fourth-order valence-electron chi connectivity index (χ4n) is 4.06. The van der Waals surface area contributed by atoms with Crippen molar-refractivity contribution in [3.63, 3.8) is 0 Å². The minimum atomic E-state index is -0.408. The van der Waals surface area contributed by atoms with Gasteiger partial charge in [-0.1, -0.05) is 42.1 Å². The third kappa shape index (κ3) is 4.88. The number of benzene rings is 2. The van der Waals surface area contributed by atoms with Crippen molar-refractivity contribution >= 4 is 62.4 Å². The largest absolute Gasteiger partial charge is 0.301 e. The summed E-state index contributed by atoms with van der Waals surface area (Å²) in [5.74, 6) is 0.601. The molecule has 1 aliphatic carbocycles. The van der Waals surface area contributed by atoms with Crippen molar-refractivity contribution in [1.82, 2.24) is 9.97 Å². The maximum Gasteiger partial charge on any atom is 0.269 e. The minimum Gasteiger partial charge on any atom is -0.301 e. The Morgan fingerprint density at radius 3 is 2.65 bits per heavy atom. The summed E-state index contributed by atoms with van der Waals surface area (Å²) >= 11 is 11.6. The topological polar surface area (TPSA) is 88.9 Å². The van der Waals surface area contributed by atoms with Gasteiger partial charge in [0, 0.05) is 32.9 Å². The molecule has 174 valence electrons. The number of fused-ring (bicyclic) bond motifs is 3. The number of nitro groups is 1. The van der Waals surface area contributed by atoms with E-state index in [-0.39, 0.29) is 21.9 Å². The quantitative estimate of drug-likeness (QED) is 0.0907. The fourth-order valence-corrected chi connectivity index (χ4v) is 8.11. The lowest BCUT2D eigenvalue weighted by molar-refractivity contribution is -0.384. The number of aromatic nitrogens is 2. The number of H-pyrrole nitrogens is 1. The zero-order chi connectivity index (χ0) is 23.7. The van der Waals surface area contributed by atoms with E-state index in [9.17, 15) is 14.9 Å². The molecular weight excluding hydrogens is 510 g/mol. The van der Waals surface area contributed by atoms with E-state index in [1.165, 1.54) is 34.3 Å². The van der Waals surface area contributed by atoms with Crippen LogP contribution in [0.25, 0.3) is 10.2 Å². The maximum absolute atomic E-state index is 12.8. The molecule has 4 aromatic rings. The number of alkyl halides is 1. The number of hydrogen-bond acceptors (Lipinski definition) is 7. The zero-order valence-corrected chi connectivity index (χ0v) is 21.1. The molecule has 5 rings (SSSR count). The van der Waals surface area contributed by atoms with Crippen molar-refractivity contribution in [2.45, 2.75) is 39.9 Å². The Morgan fingerprint density at radius 1 is 1.15 bits per heavy atom. The van der Waals surface area contributed by atoms with Gasteiger partial charge in [-0.3, -0.25) is 14.9 Å². The molecule has 6 nitrogen and oxygen atoms in total. The average molecular weight is 530 g/mol. The molecular formula is C24H20ClN3O3S3. The van der Waals surface area contributed by atoms with Crippen LogP contribution in [0.15, 0.2) is 69.4 Å². The van der Waals surface area contributed by atoms with Gasteiger partial charge in [-0.2, -0.15) is 0 Å². The molecule has 0 unspecified atom stereocenters. The van der Waals surface area contributed by atoms with Crippen LogP contribution in [-0.2, 0) is 12.8 Å². The lowest BCUT2D eigenvalue weighted by Crippen LogP contribution is -2.15. The van der Waals surface area contributed by atoms with Gasteiger partial charge in [-0.15, -0.1) is 34.7 Å². The van der Waals surface area contributed by atoms with Crippen molar-refractivity contribution < 1.29 is 4.92 Å². The number of nitrogens with zero attached hydrogens (tertiary/aromatic N) is 2. The molecule has 0 fully saturated rings. The smallest absolute Gasteiger partial charge is 0.269 e. The average Bonchev–Trinajstić information content (AvgIpc) is 3.43. The number of rotatable bonds is 8. The summed E-state index contributed by atoms with van der Waals surface area (Å²) in [5, 5.41) is 12.0. The van der Waals surface area contributed by atoms with Crippen LogP contribution in [0.3, 0.4) is 0 Å². The van der Waals surface area contributed by atoms with Crippen LogP contribution in [0, 0.1) is 10.1 Å². The zero-order valence-electron chi connectivity index (χ0n) is 17.9. The number of non-ortho nitro benzene ring substituents is 1. The standard InChI is InChI=1S/C24H20ClN3O3S3/c25-21(14-5-2-1-3-6-14)19(33-16-11-9-15(10-12-16)28(30)31)13-32-24-26-22(29)20-17-7-4-8-18(17)34-23(20)27-24/h1-3,5-6,9-12,19,21H,4,7-8,13H2,(H,26,27,29)/t19-,21+/m0/s1. The number of aromatic amines is 1. The molecule has 1 N–H and O–H groups in total. The highest BCUT2D eigenvalue weighted by molar-refractivity contribution is 8.03. The molecule has 0 spiro atoms. The van der Waals surface area contributed by atoms with E-state index >= 15 is 0 Å². The SMILES string of the molecule is O=c1[nH]c(SC[C@H](Sc2ccc([N+](=O)[O-])cc2)[C@H](Cl)c2ccccc2)nc2sc3c(c12)CCC3. The summed E-state index contributed by atoms with van der Waals surface area (Å²) in [4.78, 5) is 34.1. The lowest BCUT2D eigenvalue weighted by Gasteiger charge is -2.22. The number of nitro benzene ring substituents is 1. The van der Waals surface area contributed by atoms with Crippen LogP contribution in [0.4, 0.5) is 5.69 Å². The predicted octanol–water partition coefficient (Wildman–Crippen LogP) is 6.61. The number of aryl methyl sites for hydroxylation is 2. The van der Waals surface area contributed by atoms with Gasteiger partial charge in [0.25, 0.3) is 11.2 Å². The van der Waals surface area contributed by atoms with Crippen LogP contribution in [0.2, 0.25) is 0 Å². The maximum atomic E-state index is 12.8. The van der Waals surface area contributed by atoms with Crippen LogP contribution >= 0.6 is 46.5 Å². The van der Waals surface area contributed by atoms with E-state index in [0.717, 1.165) is 39.9 Å². The van der Waals surface area contributed by atoms with Gasteiger partial charge < -0.3 is 4.98 Å². The number of thioether (sulfide) groups is 2. The van der Waals surface area contributed by atoms with Gasteiger partial charge in [0.2, 0.25) is 0 Å². The second-order valence-electron chi connectivity index (χ2n) is 7.94. The molecule has 2 aromatic carbocycles. The van der Waals surface area contributed by atoms with E-state index in [1.807, 2.05) is 30.3 Å². The molecule has 34 heavy (non-hydrogen) atoms. The first-order valence-corrected chi connectivity index (χ1v) is 13.9. The second kappa shape index (κ2) is 10.1. The van der Waals surface area contributed by atoms with Crippen molar-refractivity contribution in [1.29, 1.82) is 0 Å². The van der Waals surface area contributed by atoms with E-state index < -0.39 is 4.92 Å². The van der Waals surface area contributed by atoms with Crippen molar-refractivity contribution in [3.8, 4) is 0 Å². The van der Waals surface area contributed by atoms with Crippen LogP contribution in [0.1, 0.15) is 27.8 Å². The van der Waals surface area contributed by atoms with Crippen molar-refractivity contribution in [3.05, 3.63) is 91.1 Å². The monoisotopic (exact) mass is 529 g/mol. The van der Waals surface area contributed by atoms with Crippen molar-refractivity contribution in [2.24, 2.45) is 0 Å². The first-order chi connectivity index (χ1) is 16.5. The molecule has 0 saturated carbocycles. The first-order valence-electron chi connectivity index (χ1n) is 10.8. The summed E-state index contributed by atoms with van der Waals surface area (Å²) in [6.45, 7) is 0. The van der Waals surface area contributed by atoms with Crippen LogP contribution in [-0.4, -0.2) is 25.9 Å². The third-order valence-corrected chi connectivity index (χ3v) is 10.1. The molecule has 1 aliphatic rings.